The number of nitrogens with zero attached hydrogens (tertiary/aromatic N) is 1. The van der Waals surface area contributed by atoms with Crippen molar-refractivity contribution in [1.29, 1.82) is 0 Å². The Hall–Kier alpha value is -2.43. The second-order valence-electron chi connectivity index (χ2n) is 7.44. The van der Waals surface area contributed by atoms with Crippen molar-refractivity contribution in [2.45, 2.75) is 58.9 Å². The zero-order chi connectivity index (χ0) is 19.4. The molecule has 1 aromatic carbocycles. The summed E-state index contributed by atoms with van der Waals surface area (Å²) in [5, 5.41) is 3.78. The molecule has 0 bridgehead atoms. The van der Waals surface area contributed by atoms with Crippen molar-refractivity contribution in [2.75, 3.05) is 6.61 Å². The lowest BCUT2D eigenvalue weighted by atomic mass is 9.86. The number of nitrogens with one attached hydrogen (secondary N) is 1. The van der Waals surface area contributed by atoms with Crippen molar-refractivity contribution in [1.82, 2.24) is 10.3 Å². The smallest absolute Gasteiger partial charge is 0.339 e. The van der Waals surface area contributed by atoms with Crippen LogP contribution in [0.3, 0.4) is 0 Å². The maximum atomic E-state index is 12.8. The van der Waals surface area contributed by atoms with Crippen molar-refractivity contribution in [3.8, 4) is 0 Å². The van der Waals surface area contributed by atoms with E-state index in [9.17, 15) is 9.59 Å². The molecular weight excluding hydrogens is 340 g/mol. The van der Waals surface area contributed by atoms with E-state index in [1.807, 2.05) is 38.1 Å². The van der Waals surface area contributed by atoms with E-state index in [4.69, 9.17) is 4.74 Å². The summed E-state index contributed by atoms with van der Waals surface area (Å²) in [6, 6.07) is 7.72. The summed E-state index contributed by atoms with van der Waals surface area (Å²) >= 11 is 0. The normalized spacial score (nSPS) is 19.7. The Labute approximate surface area is 160 Å². The highest BCUT2D eigenvalue weighted by atomic mass is 16.5. The van der Waals surface area contributed by atoms with Gasteiger partial charge in [0.25, 0.3) is 5.91 Å². The number of hydrogen-bond acceptors (Lipinski definition) is 4. The summed E-state index contributed by atoms with van der Waals surface area (Å²) < 4.78 is 5.38. The predicted molar refractivity (Wildman–Crippen MR) is 106 cm³/mol. The number of fused-ring (bicyclic) bond motifs is 1. The third-order valence-corrected chi connectivity index (χ3v) is 5.57. The van der Waals surface area contributed by atoms with E-state index in [2.05, 4.69) is 17.2 Å². The van der Waals surface area contributed by atoms with Crippen LogP contribution in [-0.2, 0) is 16.0 Å². The Morgan fingerprint density at radius 2 is 1.96 bits per heavy atom. The van der Waals surface area contributed by atoms with Gasteiger partial charge >= 0.3 is 5.97 Å². The number of aryl methyl sites for hydroxylation is 1. The third-order valence-electron chi connectivity index (χ3n) is 5.57. The summed E-state index contributed by atoms with van der Waals surface area (Å²) in [5.41, 5.74) is 2.98. The van der Waals surface area contributed by atoms with Crippen molar-refractivity contribution < 1.29 is 14.3 Å². The number of carbonyl (C=O) groups excluding carboxylic acids is 2. The second-order valence-corrected chi connectivity index (χ2v) is 7.44. The molecule has 1 heterocycles. The molecule has 3 rings (SSSR count). The highest BCUT2D eigenvalue weighted by Crippen LogP contribution is 2.25. The van der Waals surface area contributed by atoms with Crippen molar-refractivity contribution in [2.24, 2.45) is 5.92 Å². The molecule has 144 valence electrons. The molecule has 0 spiro atoms. The average Bonchev–Trinajstić information content (AvgIpc) is 2.67. The van der Waals surface area contributed by atoms with E-state index >= 15 is 0 Å². The van der Waals surface area contributed by atoms with Gasteiger partial charge in [-0.2, -0.15) is 0 Å². The molecule has 1 fully saturated rings. The number of esters is 1. The minimum Gasteiger partial charge on any atom is -0.452 e. The first-order chi connectivity index (χ1) is 13.0. The van der Waals surface area contributed by atoms with Gasteiger partial charge in [-0.15, -0.1) is 0 Å². The first-order valence-electron chi connectivity index (χ1n) is 9.86. The molecule has 0 radical (unpaired) electrons. The van der Waals surface area contributed by atoms with E-state index in [-0.39, 0.29) is 18.6 Å². The van der Waals surface area contributed by atoms with Crippen LogP contribution in [0.25, 0.3) is 10.9 Å². The quantitative estimate of drug-likeness (QED) is 0.811. The standard InChI is InChI=1S/C22H28N2O3/c1-4-17-15(3)21(16-10-6-8-12-19(16)23-17)22(26)27-13-20(25)24-18-11-7-5-9-14(18)2/h6,8,10,12,14,18H,4-5,7,9,11,13H2,1-3H3,(H,24,25)/t14-,18-/m1/s1. The van der Waals surface area contributed by atoms with Crippen LogP contribution < -0.4 is 5.32 Å². The maximum absolute atomic E-state index is 12.8. The monoisotopic (exact) mass is 368 g/mol. The van der Waals surface area contributed by atoms with E-state index in [1.54, 1.807) is 0 Å². The Kier molecular flexibility index (Phi) is 6.09. The molecule has 0 aliphatic heterocycles. The highest BCUT2D eigenvalue weighted by Gasteiger charge is 2.24. The first kappa shape index (κ1) is 19.3. The van der Waals surface area contributed by atoms with Gasteiger partial charge in [-0.25, -0.2) is 4.79 Å². The van der Waals surface area contributed by atoms with E-state index in [1.165, 1.54) is 6.42 Å². The lowest BCUT2D eigenvalue weighted by molar-refractivity contribution is -0.125. The topological polar surface area (TPSA) is 68.3 Å². The Bertz CT molecular complexity index is 847. The minimum atomic E-state index is -0.465. The number of benzene rings is 1. The molecule has 5 nitrogen and oxygen atoms in total. The molecule has 2 atom stereocenters. The molecule has 2 aromatic rings. The van der Waals surface area contributed by atoms with Gasteiger partial charge in [-0.05, 0) is 43.7 Å². The van der Waals surface area contributed by atoms with E-state index < -0.39 is 5.97 Å². The number of pyridine rings is 1. The summed E-state index contributed by atoms with van der Waals surface area (Å²) in [6.07, 6.45) is 5.21. The van der Waals surface area contributed by atoms with Gasteiger partial charge in [0.05, 0.1) is 11.1 Å². The van der Waals surface area contributed by atoms with Gasteiger partial charge in [0.15, 0.2) is 6.61 Å². The number of aromatic nitrogens is 1. The van der Waals surface area contributed by atoms with Gasteiger partial charge in [0, 0.05) is 17.1 Å². The van der Waals surface area contributed by atoms with Gasteiger partial charge < -0.3 is 10.1 Å². The molecule has 1 saturated carbocycles. The molecule has 1 N–H and O–H groups in total. The van der Waals surface area contributed by atoms with Crippen LogP contribution in [-0.4, -0.2) is 29.5 Å². The minimum absolute atomic E-state index is 0.181. The Morgan fingerprint density at radius 1 is 1.22 bits per heavy atom. The zero-order valence-electron chi connectivity index (χ0n) is 16.4. The predicted octanol–water partition coefficient (Wildman–Crippen LogP) is 3.96. The molecular formula is C22H28N2O3. The van der Waals surface area contributed by atoms with Crippen LogP contribution in [0, 0.1) is 12.8 Å². The molecule has 1 aliphatic carbocycles. The third kappa shape index (κ3) is 4.29. The summed E-state index contributed by atoms with van der Waals surface area (Å²) in [7, 11) is 0. The molecule has 5 heteroatoms. The van der Waals surface area contributed by atoms with Crippen molar-refractivity contribution in [3.05, 3.63) is 41.1 Å². The van der Waals surface area contributed by atoms with Gasteiger partial charge in [-0.1, -0.05) is 44.9 Å². The molecule has 1 aromatic heterocycles. The second kappa shape index (κ2) is 8.51. The number of amides is 1. The number of rotatable bonds is 5. The maximum Gasteiger partial charge on any atom is 0.339 e. The fourth-order valence-electron chi connectivity index (χ4n) is 3.95. The van der Waals surface area contributed by atoms with E-state index in [0.717, 1.165) is 47.8 Å². The summed E-state index contributed by atoms with van der Waals surface area (Å²) in [6.45, 7) is 5.81. The largest absolute Gasteiger partial charge is 0.452 e. The lowest BCUT2D eigenvalue weighted by Gasteiger charge is -2.29. The lowest BCUT2D eigenvalue weighted by Crippen LogP contribution is -2.42. The zero-order valence-corrected chi connectivity index (χ0v) is 16.4. The summed E-state index contributed by atoms with van der Waals surface area (Å²) in [5.74, 6) is -0.224. The summed E-state index contributed by atoms with van der Waals surface area (Å²) in [4.78, 5) is 29.7. The number of para-hydroxylation sites is 1. The van der Waals surface area contributed by atoms with E-state index in [0.29, 0.717) is 11.5 Å². The molecule has 0 unspecified atom stereocenters. The SMILES string of the molecule is CCc1nc2ccccc2c(C(=O)OCC(=O)N[C@@H]2CCCC[C@H]2C)c1C. The van der Waals surface area contributed by atoms with Crippen molar-refractivity contribution >= 4 is 22.8 Å². The van der Waals surface area contributed by atoms with Crippen LogP contribution in [0.2, 0.25) is 0 Å². The average molecular weight is 368 g/mol. The van der Waals surface area contributed by atoms with Gasteiger partial charge in [-0.3, -0.25) is 9.78 Å². The number of ether oxygens (including phenoxy) is 1. The van der Waals surface area contributed by atoms with Crippen LogP contribution in [0.5, 0.6) is 0 Å². The first-order valence-corrected chi connectivity index (χ1v) is 9.86. The molecule has 1 amide bonds. The van der Waals surface area contributed by atoms with Crippen LogP contribution in [0.4, 0.5) is 0 Å². The number of hydrogen-bond donors (Lipinski definition) is 1. The van der Waals surface area contributed by atoms with Gasteiger partial charge in [0.2, 0.25) is 0 Å². The van der Waals surface area contributed by atoms with Crippen LogP contribution in [0.15, 0.2) is 24.3 Å². The van der Waals surface area contributed by atoms with Crippen LogP contribution >= 0.6 is 0 Å². The highest BCUT2D eigenvalue weighted by molar-refractivity contribution is 6.05. The van der Waals surface area contributed by atoms with Gasteiger partial charge in [0.1, 0.15) is 0 Å². The van der Waals surface area contributed by atoms with Crippen LogP contribution in [0.1, 0.15) is 61.1 Å². The van der Waals surface area contributed by atoms with Crippen molar-refractivity contribution in [3.63, 3.8) is 0 Å². The Balaban J connectivity index is 1.72. The fraction of sp³-hybridized carbons (Fsp3) is 0.500. The number of carbonyl (C=O) groups is 2. The Morgan fingerprint density at radius 3 is 2.70 bits per heavy atom. The molecule has 27 heavy (non-hydrogen) atoms. The molecule has 0 saturated heterocycles. The molecule has 1 aliphatic rings. The fourth-order valence-corrected chi connectivity index (χ4v) is 3.95.